The lowest BCUT2D eigenvalue weighted by molar-refractivity contribution is -0.142. The molecule has 1 aliphatic carbocycles. The Bertz CT molecular complexity index is 1280. The van der Waals surface area contributed by atoms with Crippen molar-refractivity contribution in [2.24, 2.45) is 28.0 Å². The largest absolute Gasteiger partial charge is 0.416 e. The summed E-state index contributed by atoms with van der Waals surface area (Å²) < 4.78 is 39.6. The Kier molecular flexibility index (Phi) is 7.86. The molecule has 3 amide bonds. The summed E-state index contributed by atoms with van der Waals surface area (Å²) >= 11 is 0. The first-order valence-electron chi connectivity index (χ1n) is 13.1. The summed E-state index contributed by atoms with van der Waals surface area (Å²) in [6.07, 6.45) is -2.90. The van der Waals surface area contributed by atoms with Crippen molar-refractivity contribution >= 4 is 29.1 Å². The predicted molar refractivity (Wildman–Crippen MR) is 142 cm³/mol. The fourth-order valence-corrected chi connectivity index (χ4v) is 5.73. The minimum atomic E-state index is -4.50. The molecule has 10 heteroatoms. The minimum absolute atomic E-state index is 0.0838. The molecule has 0 radical (unpaired) electrons. The van der Waals surface area contributed by atoms with Gasteiger partial charge in [0.1, 0.15) is 0 Å². The van der Waals surface area contributed by atoms with Crippen molar-refractivity contribution < 1.29 is 27.6 Å². The maximum absolute atomic E-state index is 13.8. The molecular formula is C29H33F3N4O3. The quantitative estimate of drug-likeness (QED) is 0.531. The van der Waals surface area contributed by atoms with E-state index in [0.29, 0.717) is 36.1 Å². The summed E-state index contributed by atoms with van der Waals surface area (Å²) in [6.45, 7) is 3.90. The summed E-state index contributed by atoms with van der Waals surface area (Å²) in [4.78, 5) is 46.0. The number of benzodiazepines with no additional fused rings is 1. The van der Waals surface area contributed by atoms with Gasteiger partial charge in [0.05, 0.1) is 28.3 Å². The van der Waals surface area contributed by atoms with E-state index in [-0.39, 0.29) is 11.6 Å². The number of amides is 3. The molecular weight excluding hydrogens is 509 g/mol. The number of nitrogens with one attached hydrogen (secondary N) is 1. The number of rotatable bonds is 7. The number of nitrogens with two attached hydrogens (primary N) is 1. The molecule has 2 aromatic rings. The Hall–Kier alpha value is -3.69. The van der Waals surface area contributed by atoms with Gasteiger partial charge in [-0.3, -0.25) is 14.4 Å². The average molecular weight is 543 g/mol. The maximum atomic E-state index is 13.8. The highest BCUT2D eigenvalue weighted by molar-refractivity contribution is 6.20. The lowest BCUT2D eigenvalue weighted by Gasteiger charge is -2.35. The first kappa shape index (κ1) is 28.3. The maximum Gasteiger partial charge on any atom is 0.416 e. The number of nitrogens with zero attached hydrogens (tertiary/aromatic N) is 2. The van der Waals surface area contributed by atoms with Crippen LogP contribution in [0, 0.1) is 17.3 Å². The number of hydrogen-bond donors (Lipinski definition) is 2. The summed E-state index contributed by atoms with van der Waals surface area (Å²) in [6, 6.07) is 11.4. The van der Waals surface area contributed by atoms with E-state index in [0.717, 1.165) is 25.0 Å². The molecule has 2 aromatic carbocycles. The normalized spacial score (nSPS) is 19.8. The first-order chi connectivity index (χ1) is 18.3. The second-order valence-electron chi connectivity index (χ2n) is 10.8. The summed E-state index contributed by atoms with van der Waals surface area (Å²) in [5.41, 5.74) is 5.71. The van der Waals surface area contributed by atoms with E-state index >= 15 is 0 Å². The number of para-hydroxylation sites is 1. The number of likely N-dealkylation sites (N-methyl/N-ethyl adjacent to an activating group) is 1. The first-order valence-corrected chi connectivity index (χ1v) is 13.1. The number of primary amides is 1. The third kappa shape index (κ3) is 5.55. The Morgan fingerprint density at radius 1 is 1.10 bits per heavy atom. The van der Waals surface area contributed by atoms with Crippen molar-refractivity contribution in [3.8, 4) is 0 Å². The fourth-order valence-electron chi connectivity index (χ4n) is 5.73. The number of anilines is 1. The van der Waals surface area contributed by atoms with Crippen LogP contribution in [0.15, 0.2) is 53.5 Å². The molecule has 2 atom stereocenters. The van der Waals surface area contributed by atoms with E-state index in [9.17, 15) is 27.6 Å². The van der Waals surface area contributed by atoms with Gasteiger partial charge < -0.3 is 16.0 Å². The fraction of sp³-hybridized carbons (Fsp3) is 0.448. The molecule has 0 aromatic heterocycles. The van der Waals surface area contributed by atoms with Crippen LogP contribution in [0.3, 0.4) is 0 Å². The molecule has 0 saturated heterocycles. The molecule has 4 rings (SSSR count). The standard InChI is InChI=1S/C29H33F3N4O3/c1-17(2)16-21(28(27(33)39)14-6-7-15-28)25(37)35-24-26(38)36(3)22-9-5-4-8-20(22)23(34-24)18-10-12-19(13-11-18)29(30,31)32/h4-5,8-13,17,21,24H,6-7,14-16H2,1-3H3,(H2,33,39)(H,35,37)/t21-,24?/m0/s1. The van der Waals surface area contributed by atoms with Crippen molar-refractivity contribution in [3.05, 3.63) is 65.2 Å². The van der Waals surface area contributed by atoms with Crippen LogP contribution >= 0.6 is 0 Å². The highest BCUT2D eigenvalue weighted by Crippen LogP contribution is 2.46. The van der Waals surface area contributed by atoms with Gasteiger partial charge in [-0.05, 0) is 43.4 Å². The second-order valence-corrected chi connectivity index (χ2v) is 10.8. The van der Waals surface area contributed by atoms with E-state index < -0.39 is 47.0 Å². The number of hydrogen-bond acceptors (Lipinski definition) is 4. The van der Waals surface area contributed by atoms with Gasteiger partial charge >= 0.3 is 6.18 Å². The van der Waals surface area contributed by atoms with E-state index in [1.807, 2.05) is 13.8 Å². The zero-order chi connectivity index (χ0) is 28.5. The van der Waals surface area contributed by atoms with Crippen LogP contribution in [0.2, 0.25) is 0 Å². The molecule has 7 nitrogen and oxygen atoms in total. The van der Waals surface area contributed by atoms with Crippen LogP contribution in [0.5, 0.6) is 0 Å². The lowest BCUT2D eigenvalue weighted by atomic mass is 9.69. The molecule has 39 heavy (non-hydrogen) atoms. The van der Waals surface area contributed by atoms with Crippen LogP contribution in [-0.2, 0) is 20.6 Å². The number of carbonyl (C=O) groups is 3. The smallest absolute Gasteiger partial charge is 0.369 e. The third-order valence-electron chi connectivity index (χ3n) is 7.78. The van der Waals surface area contributed by atoms with Gasteiger partial charge in [-0.25, -0.2) is 4.99 Å². The molecule has 208 valence electrons. The van der Waals surface area contributed by atoms with E-state index in [1.165, 1.54) is 17.0 Å². The summed E-state index contributed by atoms with van der Waals surface area (Å²) in [7, 11) is 1.55. The van der Waals surface area contributed by atoms with Crippen LogP contribution in [0.1, 0.15) is 62.6 Å². The molecule has 1 heterocycles. The molecule has 2 aliphatic rings. The number of aliphatic imine (C=N–C) groups is 1. The minimum Gasteiger partial charge on any atom is -0.369 e. The van der Waals surface area contributed by atoms with Gasteiger partial charge in [-0.15, -0.1) is 0 Å². The Labute approximate surface area is 225 Å². The molecule has 1 fully saturated rings. The number of alkyl halides is 3. The van der Waals surface area contributed by atoms with Gasteiger partial charge in [0, 0.05) is 18.2 Å². The summed E-state index contributed by atoms with van der Waals surface area (Å²) in [5, 5.41) is 2.77. The molecule has 0 spiro atoms. The highest BCUT2D eigenvalue weighted by atomic mass is 19.4. The Morgan fingerprint density at radius 3 is 2.28 bits per heavy atom. The van der Waals surface area contributed by atoms with E-state index in [2.05, 4.69) is 10.3 Å². The van der Waals surface area contributed by atoms with E-state index in [1.54, 1.807) is 31.3 Å². The van der Waals surface area contributed by atoms with Crippen LogP contribution < -0.4 is 16.0 Å². The van der Waals surface area contributed by atoms with E-state index in [4.69, 9.17) is 5.73 Å². The monoisotopic (exact) mass is 542 g/mol. The van der Waals surface area contributed by atoms with Gasteiger partial charge in [0.15, 0.2) is 0 Å². The van der Waals surface area contributed by atoms with Crippen molar-refractivity contribution in [1.82, 2.24) is 5.32 Å². The zero-order valence-corrected chi connectivity index (χ0v) is 22.2. The van der Waals surface area contributed by atoms with Crippen molar-refractivity contribution in [2.75, 3.05) is 11.9 Å². The van der Waals surface area contributed by atoms with Gasteiger partial charge in [0.2, 0.25) is 18.0 Å². The SMILES string of the molecule is CC(C)C[C@@H](C(=O)NC1N=C(c2ccc(C(F)(F)F)cc2)c2ccccc2N(C)C1=O)C1(C(N)=O)CCCC1. The highest BCUT2D eigenvalue weighted by Gasteiger charge is 2.50. The number of fused-ring (bicyclic) bond motifs is 1. The van der Waals surface area contributed by atoms with Crippen LogP contribution in [-0.4, -0.2) is 36.6 Å². The molecule has 1 aliphatic heterocycles. The molecule has 1 saturated carbocycles. The Morgan fingerprint density at radius 2 is 1.72 bits per heavy atom. The van der Waals surface area contributed by atoms with Gasteiger partial charge in [-0.1, -0.05) is 57.0 Å². The summed E-state index contributed by atoms with van der Waals surface area (Å²) in [5.74, 6) is -2.18. The molecule has 1 unspecified atom stereocenters. The number of benzene rings is 2. The second kappa shape index (κ2) is 10.8. The number of carbonyl (C=O) groups excluding carboxylic acids is 3. The topological polar surface area (TPSA) is 105 Å². The Balaban J connectivity index is 1.76. The van der Waals surface area contributed by atoms with Crippen molar-refractivity contribution in [2.45, 2.75) is 58.3 Å². The molecule has 0 bridgehead atoms. The predicted octanol–water partition coefficient (Wildman–Crippen LogP) is 4.67. The molecule has 3 N–H and O–H groups in total. The number of halogens is 3. The van der Waals surface area contributed by atoms with Crippen molar-refractivity contribution in [1.29, 1.82) is 0 Å². The third-order valence-corrected chi connectivity index (χ3v) is 7.78. The average Bonchev–Trinajstić information content (AvgIpc) is 3.36. The van der Waals surface area contributed by atoms with Gasteiger partial charge in [0.25, 0.3) is 5.91 Å². The van der Waals surface area contributed by atoms with Crippen LogP contribution in [0.25, 0.3) is 0 Å². The van der Waals surface area contributed by atoms with Gasteiger partial charge in [-0.2, -0.15) is 13.2 Å². The van der Waals surface area contributed by atoms with Crippen molar-refractivity contribution in [3.63, 3.8) is 0 Å². The zero-order valence-electron chi connectivity index (χ0n) is 22.2. The van der Waals surface area contributed by atoms with Crippen LogP contribution in [0.4, 0.5) is 18.9 Å². The lowest BCUT2D eigenvalue weighted by Crippen LogP contribution is -2.53.